The van der Waals surface area contributed by atoms with Gasteiger partial charge in [-0.15, -0.1) is 0 Å². The average molecular weight is 271 g/mol. The number of hydrogen-bond acceptors (Lipinski definition) is 3. The van der Waals surface area contributed by atoms with Crippen molar-refractivity contribution < 1.29 is 13.0 Å². The Bertz CT molecular complexity index is 472. The minimum absolute atomic E-state index is 0.128. The smallest absolute Gasteiger partial charge is 0.264 e. The molecular weight excluding hydrogens is 250 g/mol. The molecule has 102 valence electrons. The van der Waals surface area contributed by atoms with Crippen molar-refractivity contribution in [2.24, 2.45) is 0 Å². The van der Waals surface area contributed by atoms with Crippen LogP contribution in [-0.2, 0) is 15.5 Å². The zero-order valence-electron chi connectivity index (χ0n) is 11.1. The molecular formula is C13H21NO3S. The van der Waals surface area contributed by atoms with Gasteiger partial charge in [-0.1, -0.05) is 32.9 Å². The van der Waals surface area contributed by atoms with Gasteiger partial charge in [0.25, 0.3) is 10.1 Å². The van der Waals surface area contributed by atoms with E-state index >= 15 is 0 Å². The van der Waals surface area contributed by atoms with E-state index in [1.54, 1.807) is 0 Å². The predicted octanol–water partition coefficient (Wildman–Crippen LogP) is 2.67. The molecule has 0 heterocycles. The number of nitrogens with one attached hydrogen (secondary N) is 1. The molecule has 0 unspecified atom stereocenters. The molecule has 0 aliphatic heterocycles. The molecule has 18 heavy (non-hydrogen) atoms. The average Bonchev–Trinajstić information content (AvgIpc) is 2.22. The third-order valence-electron chi connectivity index (χ3n) is 2.66. The lowest BCUT2D eigenvalue weighted by Gasteiger charge is -2.19. The summed E-state index contributed by atoms with van der Waals surface area (Å²) < 4.78 is 29.6. The number of benzene rings is 1. The Morgan fingerprint density at radius 1 is 1.17 bits per heavy atom. The molecule has 0 saturated heterocycles. The normalized spacial score (nSPS) is 12.4. The fraction of sp³-hybridized carbons (Fsp3) is 0.538. The maximum absolute atomic E-state index is 10.5. The second kappa shape index (κ2) is 5.71. The molecule has 0 atom stereocenters. The van der Waals surface area contributed by atoms with E-state index in [0.29, 0.717) is 13.0 Å². The van der Waals surface area contributed by atoms with Crippen molar-refractivity contribution in [3.63, 3.8) is 0 Å². The first-order valence-corrected chi connectivity index (χ1v) is 7.59. The largest absolute Gasteiger partial charge is 0.385 e. The summed E-state index contributed by atoms with van der Waals surface area (Å²) in [6.45, 7) is 6.99. The van der Waals surface area contributed by atoms with E-state index < -0.39 is 10.1 Å². The molecule has 0 aliphatic carbocycles. The summed E-state index contributed by atoms with van der Waals surface area (Å²) in [5, 5.41) is 3.12. The second-order valence-electron chi connectivity index (χ2n) is 5.39. The molecule has 0 radical (unpaired) electrons. The fourth-order valence-corrected chi connectivity index (χ4v) is 2.08. The van der Waals surface area contributed by atoms with E-state index in [-0.39, 0.29) is 11.2 Å². The van der Waals surface area contributed by atoms with Crippen LogP contribution in [-0.4, -0.2) is 25.3 Å². The monoisotopic (exact) mass is 271 g/mol. The highest BCUT2D eigenvalue weighted by atomic mass is 32.2. The first-order chi connectivity index (χ1) is 8.18. The fourth-order valence-electron chi connectivity index (χ4n) is 1.58. The molecule has 0 spiro atoms. The highest BCUT2D eigenvalue weighted by Gasteiger charge is 2.12. The van der Waals surface area contributed by atoms with Crippen LogP contribution in [0.2, 0.25) is 0 Å². The SMILES string of the molecule is CC(C)(C)c1ccc(NCCCS(=O)(=O)O)cc1. The van der Waals surface area contributed by atoms with Gasteiger partial charge in [0, 0.05) is 12.2 Å². The Kier molecular flexibility index (Phi) is 4.76. The summed E-state index contributed by atoms with van der Waals surface area (Å²) in [6.07, 6.45) is 0.389. The lowest BCUT2D eigenvalue weighted by molar-refractivity contribution is 0.481. The van der Waals surface area contributed by atoms with E-state index in [2.05, 4.69) is 38.2 Å². The van der Waals surface area contributed by atoms with Gasteiger partial charge in [-0.2, -0.15) is 8.42 Å². The summed E-state index contributed by atoms with van der Waals surface area (Å²) in [5.74, 6) is -0.208. The van der Waals surface area contributed by atoms with Crippen LogP contribution in [0.1, 0.15) is 32.8 Å². The van der Waals surface area contributed by atoms with Crippen LogP contribution < -0.4 is 5.32 Å². The molecule has 0 aliphatic rings. The Morgan fingerprint density at radius 2 is 1.72 bits per heavy atom. The molecule has 0 fully saturated rings. The molecule has 0 aromatic heterocycles. The van der Waals surface area contributed by atoms with Gasteiger partial charge in [-0.3, -0.25) is 4.55 Å². The van der Waals surface area contributed by atoms with E-state index in [0.717, 1.165) is 5.69 Å². The van der Waals surface area contributed by atoms with E-state index in [4.69, 9.17) is 4.55 Å². The lowest BCUT2D eigenvalue weighted by atomic mass is 9.87. The molecule has 0 bridgehead atoms. The molecule has 5 heteroatoms. The van der Waals surface area contributed by atoms with Crippen molar-refractivity contribution >= 4 is 15.8 Å². The quantitative estimate of drug-likeness (QED) is 0.638. The van der Waals surface area contributed by atoms with Gasteiger partial charge < -0.3 is 5.32 Å². The number of anilines is 1. The zero-order valence-corrected chi connectivity index (χ0v) is 11.9. The van der Waals surface area contributed by atoms with Crippen LogP contribution >= 0.6 is 0 Å². The summed E-state index contributed by atoms with van der Waals surface area (Å²) in [4.78, 5) is 0. The number of rotatable bonds is 5. The van der Waals surface area contributed by atoms with Crippen LogP contribution in [0.4, 0.5) is 5.69 Å². The highest BCUT2D eigenvalue weighted by Crippen LogP contribution is 2.23. The topological polar surface area (TPSA) is 66.4 Å². The van der Waals surface area contributed by atoms with Gasteiger partial charge in [-0.05, 0) is 29.5 Å². The molecule has 0 saturated carbocycles. The summed E-state index contributed by atoms with van der Waals surface area (Å²) in [7, 11) is -3.84. The first-order valence-electron chi connectivity index (χ1n) is 5.98. The molecule has 4 nitrogen and oxygen atoms in total. The van der Waals surface area contributed by atoms with Gasteiger partial charge in [0.2, 0.25) is 0 Å². The summed E-state index contributed by atoms with van der Waals surface area (Å²) in [6, 6.07) is 8.08. The standard InChI is InChI=1S/C13H21NO3S/c1-13(2,3)11-5-7-12(8-6-11)14-9-4-10-18(15,16)17/h5-8,14H,4,9-10H2,1-3H3,(H,15,16,17). The Morgan fingerprint density at radius 3 is 2.17 bits per heavy atom. The van der Waals surface area contributed by atoms with E-state index in [1.165, 1.54) is 5.56 Å². The van der Waals surface area contributed by atoms with E-state index in [1.807, 2.05) is 12.1 Å². The third-order valence-corrected chi connectivity index (χ3v) is 3.46. The Balaban J connectivity index is 2.45. The maximum atomic E-state index is 10.5. The lowest BCUT2D eigenvalue weighted by Crippen LogP contribution is -2.12. The molecule has 1 aromatic carbocycles. The van der Waals surface area contributed by atoms with Crippen molar-refractivity contribution in [2.75, 3.05) is 17.6 Å². The predicted molar refractivity (Wildman–Crippen MR) is 74.7 cm³/mol. The van der Waals surface area contributed by atoms with Crippen molar-refractivity contribution in [1.82, 2.24) is 0 Å². The van der Waals surface area contributed by atoms with Crippen molar-refractivity contribution in [3.8, 4) is 0 Å². The van der Waals surface area contributed by atoms with Gasteiger partial charge >= 0.3 is 0 Å². The van der Waals surface area contributed by atoms with Crippen LogP contribution in [0.25, 0.3) is 0 Å². The molecule has 1 rings (SSSR count). The Hall–Kier alpha value is -1.07. The van der Waals surface area contributed by atoms with Crippen LogP contribution in [0.5, 0.6) is 0 Å². The van der Waals surface area contributed by atoms with Gasteiger partial charge in [0.1, 0.15) is 0 Å². The van der Waals surface area contributed by atoms with Crippen LogP contribution in [0.3, 0.4) is 0 Å². The van der Waals surface area contributed by atoms with Crippen molar-refractivity contribution in [3.05, 3.63) is 29.8 Å². The maximum Gasteiger partial charge on any atom is 0.264 e. The summed E-state index contributed by atoms with van der Waals surface area (Å²) >= 11 is 0. The van der Waals surface area contributed by atoms with Gasteiger partial charge in [-0.25, -0.2) is 0 Å². The van der Waals surface area contributed by atoms with Crippen molar-refractivity contribution in [1.29, 1.82) is 0 Å². The molecule has 2 N–H and O–H groups in total. The molecule has 1 aromatic rings. The Labute approximate surface area is 109 Å². The first kappa shape index (κ1) is 15.0. The summed E-state index contributed by atoms with van der Waals surface area (Å²) in [5.41, 5.74) is 2.34. The minimum Gasteiger partial charge on any atom is -0.385 e. The van der Waals surface area contributed by atoms with E-state index in [9.17, 15) is 8.42 Å². The minimum atomic E-state index is -3.84. The highest BCUT2D eigenvalue weighted by molar-refractivity contribution is 7.85. The van der Waals surface area contributed by atoms with Gasteiger partial charge in [0.15, 0.2) is 0 Å². The third kappa shape index (κ3) is 5.51. The molecule has 0 amide bonds. The van der Waals surface area contributed by atoms with Crippen LogP contribution in [0.15, 0.2) is 24.3 Å². The van der Waals surface area contributed by atoms with Crippen LogP contribution in [0, 0.1) is 0 Å². The second-order valence-corrected chi connectivity index (χ2v) is 6.97. The zero-order chi connectivity index (χ0) is 13.8. The number of hydrogen-bond donors (Lipinski definition) is 2. The van der Waals surface area contributed by atoms with Crippen molar-refractivity contribution in [2.45, 2.75) is 32.6 Å². The van der Waals surface area contributed by atoms with Gasteiger partial charge in [0.05, 0.1) is 5.75 Å².